The molecule has 2 aliphatic rings. The molecule has 0 aromatic heterocycles. The van der Waals surface area contributed by atoms with Crippen LogP contribution >= 0.6 is 11.8 Å². The van der Waals surface area contributed by atoms with Crippen molar-refractivity contribution < 1.29 is 18.1 Å². The van der Waals surface area contributed by atoms with Crippen molar-refractivity contribution in [2.24, 2.45) is 11.3 Å². The van der Waals surface area contributed by atoms with Crippen molar-refractivity contribution in [1.82, 2.24) is 0 Å². The molecule has 0 aliphatic heterocycles. The molecule has 2 saturated carbocycles. The first-order valence-electron chi connectivity index (χ1n) is 7.41. The average Bonchev–Trinajstić information content (AvgIpc) is 3.03. The van der Waals surface area contributed by atoms with E-state index in [4.69, 9.17) is 13.3 Å². The minimum atomic E-state index is -2.60. The molecule has 116 valence electrons. The van der Waals surface area contributed by atoms with Crippen LogP contribution in [0.15, 0.2) is 0 Å². The van der Waals surface area contributed by atoms with Gasteiger partial charge in [-0.3, -0.25) is 4.79 Å². The van der Waals surface area contributed by atoms with Gasteiger partial charge in [-0.05, 0) is 49.9 Å². The molecular formula is C14H26O4SSi. The van der Waals surface area contributed by atoms with E-state index in [0.29, 0.717) is 11.4 Å². The summed E-state index contributed by atoms with van der Waals surface area (Å²) in [7, 11) is 0.734. The summed E-state index contributed by atoms with van der Waals surface area (Å²) in [5.74, 6) is 1.30. The summed E-state index contributed by atoms with van der Waals surface area (Å²) >= 11 is 1.17. The molecule has 2 aliphatic carbocycles. The Morgan fingerprint density at radius 2 is 1.95 bits per heavy atom. The van der Waals surface area contributed by atoms with E-state index in [1.165, 1.54) is 43.9 Å². The predicted molar refractivity (Wildman–Crippen MR) is 82.4 cm³/mol. The van der Waals surface area contributed by atoms with Gasteiger partial charge in [0.25, 0.3) is 0 Å². The molecule has 6 heteroatoms. The standard InChI is InChI=1S/C14H26O4SSi/c1-12(15)19-11-18-20(16-2,17-3)9-8-14-6-4-13(10-14)5-7-14/h13H,4-11H2,1-3H3. The quantitative estimate of drug-likeness (QED) is 0.507. The number of carbonyl (C=O) groups is 1. The SMILES string of the molecule is CO[Si](CCC12CCC(CC1)C2)(OC)OCSC(C)=O. The van der Waals surface area contributed by atoms with Crippen LogP contribution in [0.4, 0.5) is 0 Å². The van der Waals surface area contributed by atoms with Crippen LogP contribution in [0.25, 0.3) is 0 Å². The lowest BCUT2D eigenvalue weighted by Gasteiger charge is -2.32. The van der Waals surface area contributed by atoms with E-state index in [1.54, 1.807) is 21.1 Å². The molecule has 0 saturated heterocycles. The Hall–Kier alpha value is 0.117. The van der Waals surface area contributed by atoms with E-state index in [2.05, 4.69) is 0 Å². The lowest BCUT2D eigenvalue weighted by molar-refractivity contribution is -0.109. The maximum absolute atomic E-state index is 11.0. The van der Waals surface area contributed by atoms with Crippen LogP contribution in [-0.4, -0.2) is 34.1 Å². The fraction of sp³-hybridized carbons (Fsp3) is 0.929. The van der Waals surface area contributed by atoms with Crippen molar-refractivity contribution in [3.05, 3.63) is 0 Å². The van der Waals surface area contributed by atoms with Crippen LogP contribution in [0.2, 0.25) is 6.04 Å². The van der Waals surface area contributed by atoms with Gasteiger partial charge in [-0.1, -0.05) is 11.8 Å². The van der Waals surface area contributed by atoms with Crippen LogP contribution in [0.3, 0.4) is 0 Å². The number of hydrogen-bond donors (Lipinski definition) is 0. The van der Waals surface area contributed by atoms with Gasteiger partial charge in [0.05, 0.1) is 5.94 Å². The highest BCUT2D eigenvalue weighted by Crippen LogP contribution is 2.57. The fourth-order valence-electron chi connectivity index (χ4n) is 3.76. The smallest absolute Gasteiger partial charge is 0.377 e. The zero-order valence-corrected chi connectivity index (χ0v) is 14.6. The molecule has 0 N–H and O–H groups in total. The normalized spacial score (nSPS) is 29.1. The van der Waals surface area contributed by atoms with Crippen molar-refractivity contribution >= 4 is 25.7 Å². The second-order valence-corrected chi connectivity index (χ2v) is 10.2. The number of rotatable bonds is 8. The van der Waals surface area contributed by atoms with E-state index >= 15 is 0 Å². The molecule has 0 aromatic carbocycles. The molecule has 2 rings (SSSR count). The van der Waals surface area contributed by atoms with E-state index in [1.807, 2.05) is 0 Å². The van der Waals surface area contributed by atoms with Crippen molar-refractivity contribution in [3.8, 4) is 0 Å². The zero-order valence-electron chi connectivity index (χ0n) is 12.8. The first kappa shape index (κ1) is 16.5. The summed E-state index contributed by atoms with van der Waals surface area (Å²) in [5.41, 5.74) is 0.525. The maximum atomic E-state index is 11.0. The minimum absolute atomic E-state index is 0.0631. The number of hydrogen-bond acceptors (Lipinski definition) is 5. The van der Waals surface area contributed by atoms with Crippen molar-refractivity contribution in [3.63, 3.8) is 0 Å². The van der Waals surface area contributed by atoms with Crippen LogP contribution in [0, 0.1) is 11.3 Å². The molecule has 0 heterocycles. The molecule has 0 spiro atoms. The summed E-state index contributed by atoms with van der Waals surface area (Å²) in [5, 5.41) is 0.0631. The third-order valence-electron chi connectivity index (χ3n) is 5.01. The monoisotopic (exact) mass is 318 g/mol. The summed E-state index contributed by atoms with van der Waals surface area (Å²) in [6.07, 6.45) is 8.04. The highest BCUT2D eigenvalue weighted by atomic mass is 32.2. The first-order chi connectivity index (χ1) is 9.53. The van der Waals surface area contributed by atoms with E-state index in [9.17, 15) is 4.79 Å². The molecule has 0 aromatic rings. The van der Waals surface area contributed by atoms with Crippen LogP contribution in [0.1, 0.15) is 45.4 Å². The minimum Gasteiger partial charge on any atom is -0.377 e. The van der Waals surface area contributed by atoms with E-state index in [0.717, 1.165) is 18.4 Å². The summed E-state index contributed by atoms with van der Waals surface area (Å²) < 4.78 is 17.0. The molecule has 4 nitrogen and oxygen atoms in total. The number of thioether (sulfide) groups is 1. The van der Waals surface area contributed by atoms with Crippen LogP contribution in [0.5, 0.6) is 0 Å². The van der Waals surface area contributed by atoms with Crippen LogP contribution < -0.4 is 0 Å². The molecule has 0 radical (unpaired) electrons. The third-order valence-corrected chi connectivity index (χ3v) is 8.55. The Kier molecular flexibility index (Phi) is 5.70. The molecule has 20 heavy (non-hydrogen) atoms. The van der Waals surface area contributed by atoms with Crippen molar-refractivity contribution in [1.29, 1.82) is 0 Å². The first-order valence-corrected chi connectivity index (χ1v) is 10.3. The van der Waals surface area contributed by atoms with Gasteiger partial charge in [-0.25, -0.2) is 0 Å². The van der Waals surface area contributed by atoms with Crippen LogP contribution in [-0.2, 0) is 18.1 Å². The zero-order chi connectivity index (χ0) is 14.6. The number of fused-ring (bicyclic) bond motifs is 2. The fourth-order valence-corrected chi connectivity index (χ4v) is 6.67. The topological polar surface area (TPSA) is 44.8 Å². The van der Waals surface area contributed by atoms with Gasteiger partial charge < -0.3 is 13.3 Å². The van der Waals surface area contributed by atoms with Gasteiger partial charge in [0.15, 0.2) is 5.12 Å². The molecular weight excluding hydrogens is 292 g/mol. The van der Waals surface area contributed by atoms with Gasteiger partial charge in [-0.2, -0.15) is 0 Å². The predicted octanol–water partition coefficient (Wildman–Crippen LogP) is 3.44. The van der Waals surface area contributed by atoms with E-state index < -0.39 is 8.80 Å². The second-order valence-electron chi connectivity index (χ2n) is 6.14. The van der Waals surface area contributed by atoms with E-state index in [-0.39, 0.29) is 5.12 Å². The van der Waals surface area contributed by atoms with Gasteiger partial charge in [0.2, 0.25) is 0 Å². The Morgan fingerprint density at radius 3 is 2.40 bits per heavy atom. The van der Waals surface area contributed by atoms with Crippen molar-refractivity contribution in [2.45, 2.75) is 51.5 Å². The maximum Gasteiger partial charge on any atom is 0.501 e. The second kappa shape index (κ2) is 6.92. The molecule has 0 atom stereocenters. The van der Waals surface area contributed by atoms with Gasteiger partial charge >= 0.3 is 8.80 Å². The molecule has 0 unspecified atom stereocenters. The highest BCUT2D eigenvalue weighted by molar-refractivity contribution is 8.13. The summed E-state index contributed by atoms with van der Waals surface area (Å²) in [6, 6.07) is 0.866. The molecule has 0 amide bonds. The molecule has 2 bridgehead atoms. The van der Waals surface area contributed by atoms with Gasteiger partial charge in [0.1, 0.15) is 0 Å². The van der Waals surface area contributed by atoms with Gasteiger partial charge in [-0.15, -0.1) is 0 Å². The lowest BCUT2D eigenvalue weighted by Crippen LogP contribution is -2.44. The Balaban J connectivity index is 1.86. The largest absolute Gasteiger partial charge is 0.501 e. The molecule has 2 fully saturated rings. The number of carbonyl (C=O) groups excluding carboxylic acids is 1. The van der Waals surface area contributed by atoms with Crippen molar-refractivity contribution in [2.75, 3.05) is 20.2 Å². The lowest BCUT2D eigenvalue weighted by atomic mass is 9.82. The Labute approximate surface area is 127 Å². The average molecular weight is 319 g/mol. The van der Waals surface area contributed by atoms with Gasteiger partial charge in [0, 0.05) is 27.2 Å². The Morgan fingerprint density at radius 1 is 1.30 bits per heavy atom. The third kappa shape index (κ3) is 3.85. The highest BCUT2D eigenvalue weighted by Gasteiger charge is 2.48. The Bertz CT molecular complexity index is 338. The summed E-state index contributed by atoms with van der Waals surface area (Å²) in [4.78, 5) is 11.0. The summed E-state index contributed by atoms with van der Waals surface area (Å²) in [6.45, 7) is 1.55.